The van der Waals surface area contributed by atoms with Gasteiger partial charge in [-0.05, 0) is 31.5 Å². The maximum absolute atomic E-state index is 12.5. The minimum Gasteiger partial charge on any atom is -0.399 e. The largest absolute Gasteiger partial charge is 0.399 e. The standard InChI is InChI=1S/C14H16N4O/c1-9-3-2-6-18(8-9)14(19)13-11-7-10(15)4-5-12(11)16-17-13/h3-5,7H,2,6,8,15H2,1H3,(H,16,17). The van der Waals surface area contributed by atoms with E-state index in [0.29, 0.717) is 17.9 Å². The lowest BCUT2D eigenvalue weighted by Crippen LogP contribution is -2.35. The van der Waals surface area contributed by atoms with Gasteiger partial charge in [0.05, 0.1) is 5.52 Å². The van der Waals surface area contributed by atoms with Gasteiger partial charge in [0.15, 0.2) is 5.69 Å². The van der Waals surface area contributed by atoms with Gasteiger partial charge >= 0.3 is 0 Å². The lowest BCUT2D eigenvalue weighted by Gasteiger charge is -2.25. The molecule has 3 rings (SSSR count). The molecule has 0 saturated heterocycles. The van der Waals surface area contributed by atoms with Crippen LogP contribution < -0.4 is 5.73 Å². The number of anilines is 1. The van der Waals surface area contributed by atoms with Gasteiger partial charge in [0.2, 0.25) is 0 Å². The van der Waals surface area contributed by atoms with E-state index in [4.69, 9.17) is 5.73 Å². The molecule has 1 aromatic heterocycles. The third-order valence-electron chi connectivity index (χ3n) is 3.41. The first-order chi connectivity index (χ1) is 9.15. The molecule has 1 amide bonds. The average molecular weight is 256 g/mol. The van der Waals surface area contributed by atoms with Crippen molar-refractivity contribution in [3.8, 4) is 0 Å². The zero-order valence-corrected chi connectivity index (χ0v) is 10.8. The first kappa shape index (κ1) is 11.8. The summed E-state index contributed by atoms with van der Waals surface area (Å²) in [5.41, 5.74) is 8.93. The molecule has 2 heterocycles. The summed E-state index contributed by atoms with van der Waals surface area (Å²) in [7, 11) is 0. The second-order valence-corrected chi connectivity index (χ2v) is 4.94. The Morgan fingerprint density at radius 2 is 2.32 bits per heavy atom. The van der Waals surface area contributed by atoms with E-state index >= 15 is 0 Å². The molecule has 0 bridgehead atoms. The van der Waals surface area contributed by atoms with Crippen LogP contribution in [0.1, 0.15) is 23.8 Å². The van der Waals surface area contributed by atoms with Crippen molar-refractivity contribution in [2.24, 2.45) is 0 Å². The topological polar surface area (TPSA) is 75.0 Å². The van der Waals surface area contributed by atoms with E-state index in [-0.39, 0.29) is 5.91 Å². The molecule has 0 spiro atoms. The summed E-state index contributed by atoms with van der Waals surface area (Å²) < 4.78 is 0. The second kappa shape index (κ2) is 4.42. The normalized spacial score (nSPS) is 15.6. The Kier molecular flexibility index (Phi) is 2.74. The number of nitrogens with two attached hydrogens (primary N) is 1. The maximum atomic E-state index is 12.5. The fourth-order valence-electron chi connectivity index (χ4n) is 2.43. The number of carbonyl (C=O) groups excluding carboxylic acids is 1. The van der Waals surface area contributed by atoms with Gasteiger partial charge in [-0.2, -0.15) is 5.10 Å². The van der Waals surface area contributed by atoms with Crippen LogP contribution in [0.4, 0.5) is 5.69 Å². The lowest BCUT2D eigenvalue weighted by molar-refractivity contribution is 0.0762. The molecule has 0 unspecified atom stereocenters. The molecule has 1 aromatic carbocycles. The third-order valence-corrected chi connectivity index (χ3v) is 3.41. The highest BCUT2D eigenvalue weighted by Gasteiger charge is 2.22. The van der Waals surface area contributed by atoms with Gasteiger partial charge in [-0.25, -0.2) is 0 Å². The Balaban J connectivity index is 1.98. The molecule has 5 heteroatoms. The van der Waals surface area contributed by atoms with E-state index < -0.39 is 0 Å². The fraction of sp³-hybridized carbons (Fsp3) is 0.286. The van der Waals surface area contributed by atoms with Crippen LogP contribution in [0.15, 0.2) is 29.8 Å². The Labute approximate surface area is 111 Å². The number of nitrogens with one attached hydrogen (secondary N) is 1. The monoisotopic (exact) mass is 256 g/mol. The number of H-pyrrole nitrogens is 1. The molecule has 0 atom stereocenters. The summed E-state index contributed by atoms with van der Waals surface area (Å²) in [4.78, 5) is 14.3. The predicted molar refractivity (Wildman–Crippen MR) is 74.8 cm³/mol. The van der Waals surface area contributed by atoms with Gasteiger partial charge in [0.1, 0.15) is 0 Å². The van der Waals surface area contributed by atoms with Crippen molar-refractivity contribution >= 4 is 22.5 Å². The molecule has 1 aliphatic heterocycles. The summed E-state index contributed by atoms with van der Waals surface area (Å²) in [6, 6.07) is 5.43. The van der Waals surface area contributed by atoms with Crippen molar-refractivity contribution < 1.29 is 4.79 Å². The predicted octanol–water partition coefficient (Wildman–Crippen LogP) is 1.94. The van der Waals surface area contributed by atoms with Crippen molar-refractivity contribution in [3.63, 3.8) is 0 Å². The van der Waals surface area contributed by atoms with Crippen LogP contribution in [0.5, 0.6) is 0 Å². The van der Waals surface area contributed by atoms with Crippen molar-refractivity contribution in [2.45, 2.75) is 13.3 Å². The number of benzene rings is 1. The van der Waals surface area contributed by atoms with E-state index in [1.54, 1.807) is 12.1 Å². The summed E-state index contributed by atoms with van der Waals surface area (Å²) in [5, 5.41) is 7.81. The number of amides is 1. The summed E-state index contributed by atoms with van der Waals surface area (Å²) in [6.45, 7) is 3.46. The molecule has 0 aliphatic carbocycles. The zero-order chi connectivity index (χ0) is 13.4. The number of nitrogen functional groups attached to an aromatic ring is 1. The van der Waals surface area contributed by atoms with E-state index in [0.717, 1.165) is 23.9 Å². The Morgan fingerprint density at radius 1 is 1.47 bits per heavy atom. The van der Waals surface area contributed by atoms with E-state index in [1.807, 2.05) is 17.9 Å². The number of aromatic nitrogens is 2. The van der Waals surface area contributed by atoms with Crippen LogP contribution >= 0.6 is 0 Å². The molecule has 2 aromatic rings. The van der Waals surface area contributed by atoms with Gasteiger partial charge < -0.3 is 10.6 Å². The number of hydrogen-bond acceptors (Lipinski definition) is 3. The molecule has 19 heavy (non-hydrogen) atoms. The average Bonchev–Trinajstić information content (AvgIpc) is 2.80. The molecule has 1 aliphatic rings. The molecular formula is C14H16N4O. The van der Waals surface area contributed by atoms with Gasteiger partial charge in [0, 0.05) is 24.2 Å². The van der Waals surface area contributed by atoms with E-state index in [9.17, 15) is 4.79 Å². The quantitative estimate of drug-likeness (QED) is 0.604. The molecule has 0 fully saturated rings. The smallest absolute Gasteiger partial charge is 0.275 e. The van der Waals surface area contributed by atoms with Crippen molar-refractivity contribution in [3.05, 3.63) is 35.5 Å². The summed E-state index contributed by atoms with van der Waals surface area (Å²) >= 11 is 0. The molecule has 0 radical (unpaired) electrons. The number of fused-ring (bicyclic) bond motifs is 1. The minimum atomic E-state index is -0.0377. The van der Waals surface area contributed by atoms with Crippen molar-refractivity contribution in [1.29, 1.82) is 0 Å². The number of carbonyl (C=O) groups is 1. The Morgan fingerprint density at radius 3 is 3.11 bits per heavy atom. The van der Waals surface area contributed by atoms with Gasteiger partial charge in [-0.15, -0.1) is 0 Å². The molecule has 3 N–H and O–H groups in total. The zero-order valence-electron chi connectivity index (χ0n) is 10.8. The van der Waals surface area contributed by atoms with Gasteiger partial charge in [-0.1, -0.05) is 11.6 Å². The van der Waals surface area contributed by atoms with Crippen LogP contribution in [0, 0.1) is 0 Å². The number of aromatic amines is 1. The van der Waals surface area contributed by atoms with Crippen LogP contribution in [-0.4, -0.2) is 34.1 Å². The highest BCUT2D eigenvalue weighted by atomic mass is 16.2. The molecule has 98 valence electrons. The van der Waals surface area contributed by atoms with Gasteiger partial charge in [0.25, 0.3) is 5.91 Å². The lowest BCUT2D eigenvalue weighted by atomic mass is 10.1. The van der Waals surface area contributed by atoms with E-state index in [2.05, 4.69) is 16.3 Å². The number of rotatable bonds is 1. The van der Waals surface area contributed by atoms with Crippen LogP contribution in [0.3, 0.4) is 0 Å². The number of nitrogens with zero attached hydrogens (tertiary/aromatic N) is 2. The van der Waals surface area contributed by atoms with Crippen molar-refractivity contribution in [2.75, 3.05) is 18.8 Å². The molecule has 5 nitrogen and oxygen atoms in total. The minimum absolute atomic E-state index is 0.0377. The maximum Gasteiger partial charge on any atom is 0.275 e. The third kappa shape index (κ3) is 2.07. The van der Waals surface area contributed by atoms with Crippen LogP contribution in [-0.2, 0) is 0 Å². The van der Waals surface area contributed by atoms with E-state index in [1.165, 1.54) is 5.57 Å². The highest BCUT2D eigenvalue weighted by Crippen LogP contribution is 2.21. The molecular weight excluding hydrogens is 240 g/mol. The van der Waals surface area contributed by atoms with Crippen molar-refractivity contribution in [1.82, 2.24) is 15.1 Å². The summed E-state index contributed by atoms with van der Waals surface area (Å²) in [6.07, 6.45) is 3.08. The Hall–Kier alpha value is -2.30. The fourth-order valence-corrected chi connectivity index (χ4v) is 2.43. The number of hydrogen-bond donors (Lipinski definition) is 2. The second-order valence-electron chi connectivity index (χ2n) is 4.94. The SMILES string of the molecule is CC1=CCCN(C(=O)c2n[nH]c3ccc(N)cc23)C1. The van der Waals surface area contributed by atoms with Crippen LogP contribution in [0.2, 0.25) is 0 Å². The summed E-state index contributed by atoms with van der Waals surface area (Å²) in [5.74, 6) is -0.0377. The van der Waals surface area contributed by atoms with Gasteiger partial charge in [-0.3, -0.25) is 9.89 Å². The molecule has 0 saturated carbocycles. The highest BCUT2D eigenvalue weighted by molar-refractivity contribution is 6.05. The first-order valence-corrected chi connectivity index (χ1v) is 6.33. The Bertz CT molecular complexity index is 671. The first-order valence-electron chi connectivity index (χ1n) is 6.33. The van der Waals surface area contributed by atoms with Crippen LogP contribution in [0.25, 0.3) is 10.9 Å².